The summed E-state index contributed by atoms with van der Waals surface area (Å²) >= 11 is 0. The Labute approximate surface area is 65.9 Å². The molecule has 3 rings (SSSR count). The van der Waals surface area contributed by atoms with Gasteiger partial charge in [-0.05, 0) is 31.6 Å². The first-order valence-electron chi connectivity index (χ1n) is 4.16. The van der Waals surface area contributed by atoms with Crippen molar-refractivity contribution in [3.8, 4) is 0 Å². The molecule has 0 aromatic carbocycles. The third-order valence-electron chi connectivity index (χ3n) is 3.04. The Morgan fingerprint density at radius 1 is 1.45 bits per heavy atom. The summed E-state index contributed by atoms with van der Waals surface area (Å²) < 4.78 is 0. The maximum absolute atomic E-state index is 10.9. The maximum atomic E-state index is 10.9. The Morgan fingerprint density at radius 3 is 2.36 bits per heavy atom. The smallest absolute Gasteiger partial charge is 0.313 e. The SMILES string of the molecule is O=C(O)C12C=CC(CC1)CC2. The summed E-state index contributed by atoms with van der Waals surface area (Å²) in [5.74, 6) is 0.0446. The molecule has 2 bridgehead atoms. The Kier molecular flexibility index (Phi) is 1.31. The molecule has 11 heavy (non-hydrogen) atoms. The van der Waals surface area contributed by atoms with Crippen molar-refractivity contribution in [1.29, 1.82) is 0 Å². The van der Waals surface area contributed by atoms with Crippen molar-refractivity contribution in [3.63, 3.8) is 0 Å². The summed E-state index contributed by atoms with van der Waals surface area (Å²) in [5, 5.41) is 8.96. The van der Waals surface area contributed by atoms with E-state index in [2.05, 4.69) is 6.08 Å². The minimum atomic E-state index is -0.633. The lowest BCUT2D eigenvalue weighted by Crippen LogP contribution is -2.36. The average Bonchev–Trinajstić information content (AvgIpc) is 2.08. The summed E-state index contributed by atoms with van der Waals surface area (Å²) in [4.78, 5) is 10.9. The number of carbonyl (C=O) groups is 1. The molecule has 0 heterocycles. The summed E-state index contributed by atoms with van der Waals surface area (Å²) in [6, 6.07) is 0. The highest BCUT2D eigenvalue weighted by Gasteiger charge is 2.42. The number of carboxylic acid groups (broad SMARTS) is 1. The lowest BCUT2D eigenvalue weighted by Gasteiger charge is -2.38. The van der Waals surface area contributed by atoms with Crippen LogP contribution in [-0.4, -0.2) is 11.1 Å². The van der Waals surface area contributed by atoms with Crippen LogP contribution in [-0.2, 0) is 4.79 Å². The van der Waals surface area contributed by atoms with Crippen molar-refractivity contribution >= 4 is 5.97 Å². The largest absolute Gasteiger partial charge is 0.481 e. The molecule has 0 amide bonds. The molecular weight excluding hydrogens is 140 g/mol. The Hall–Kier alpha value is -0.790. The Bertz CT molecular complexity index is 210. The van der Waals surface area contributed by atoms with Gasteiger partial charge in [0, 0.05) is 0 Å². The van der Waals surface area contributed by atoms with Crippen LogP contribution in [0.2, 0.25) is 0 Å². The molecule has 2 heteroatoms. The van der Waals surface area contributed by atoms with E-state index in [1.807, 2.05) is 6.08 Å². The van der Waals surface area contributed by atoms with E-state index in [4.69, 9.17) is 5.11 Å². The normalized spacial score (nSPS) is 40.9. The molecule has 3 aliphatic rings. The van der Waals surface area contributed by atoms with Gasteiger partial charge in [-0.1, -0.05) is 12.2 Å². The van der Waals surface area contributed by atoms with Gasteiger partial charge in [0.2, 0.25) is 0 Å². The van der Waals surface area contributed by atoms with Gasteiger partial charge >= 0.3 is 5.97 Å². The first-order chi connectivity index (χ1) is 5.23. The molecule has 0 aliphatic heterocycles. The van der Waals surface area contributed by atoms with Crippen molar-refractivity contribution in [2.24, 2.45) is 11.3 Å². The third-order valence-corrected chi connectivity index (χ3v) is 3.04. The minimum Gasteiger partial charge on any atom is -0.481 e. The minimum absolute atomic E-state index is 0.477. The average molecular weight is 152 g/mol. The molecule has 0 saturated heterocycles. The molecule has 60 valence electrons. The van der Waals surface area contributed by atoms with Crippen molar-refractivity contribution in [3.05, 3.63) is 12.2 Å². The van der Waals surface area contributed by atoms with Gasteiger partial charge in [-0.3, -0.25) is 4.79 Å². The van der Waals surface area contributed by atoms with Gasteiger partial charge in [0.05, 0.1) is 5.41 Å². The Morgan fingerprint density at radius 2 is 2.09 bits per heavy atom. The number of fused-ring (bicyclic) bond motifs is 2. The molecule has 2 nitrogen and oxygen atoms in total. The predicted octanol–water partition coefficient (Wildman–Crippen LogP) is 1.82. The summed E-state index contributed by atoms with van der Waals surface area (Å²) in [6.07, 6.45) is 7.84. The zero-order valence-electron chi connectivity index (χ0n) is 6.42. The summed E-state index contributed by atoms with van der Waals surface area (Å²) in [7, 11) is 0. The zero-order valence-corrected chi connectivity index (χ0v) is 6.42. The van der Waals surface area contributed by atoms with Gasteiger partial charge in [-0.15, -0.1) is 0 Å². The molecule has 0 atom stereocenters. The van der Waals surface area contributed by atoms with Crippen LogP contribution < -0.4 is 0 Å². The molecule has 0 radical (unpaired) electrons. The lowest BCUT2D eigenvalue weighted by atomic mass is 9.65. The van der Waals surface area contributed by atoms with Crippen LogP contribution in [0.15, 0.2) is 12.2 Å². The highest BCUT2D eigenvalue weighted by Crippen LogP contribution is 2.45. The molecule has 0 aromatic heterocycles. The second-order valence-corrected chi connectivity index (χ2v) is 3.66. The number of aliphatic carboxylic acids is 1. The van der Waals surface area contributed by atoms with E-state index in [0.29, 0.717) is 5.92 Å². The van der Waals surface area contributed by atoms with Crippen LogP contribution in [0, 0.1) is 11.3 Å². The lowest BCUT2D eigenvalue weighted by molar-refractivity contribution is -0.148. The fourth-order valence-corrected chi connectivity index (χ4v) is 2.12. The standard InChI is InChI=1S/C9H12O2/c10-8(11)9-4-1-7(2-5-9)3-6-9/h1,4,7H,2-3,5-6H2,(H,10,11). The van der Waals surface area contributed by atoms with E-state index in [9.17, 15) is 4.79 Å². The molecule has 1 saturated carbocycles. The topological polar surface area (TPSA) is 37.3 Å². The maximum Gasteiger partial charge on any atom is 0.313 e. The number of hydrogen-bond acceptors (Lipinski definition) is 1. The highest BCUT2D eigenvalue weighted by molar-refractivity contribution is 5.77. The van der Waals surface area contributed by atoms with Gasteiger partial charge < -0.3 is 5.11 Å². The molecule has 1 fully saturated rings. The fourth-order valence-electron chi connectivity index (χ4n) is 2.12. The highest BCUT2D eigenvalue weighted by atomic mass is 16.4. The second-order valence-electron chi connectivity index (χ2n) is 3.66. The monoisotopic (exact) mass is 152 g/mol. The van der Waals surface area contributed by atoms with Crippen LogP contribution >= 0.6 is 0 Å². The first kappa shape index (κ1) is 6.89. The van der Waals surface area contributed by atoms with Crippen LogP contribution in [0.3, 0.4) is 0 Å². The predicted molar refractivity (Wildman–Crippen MR) is 41.2 cm³/mol. The van der Waals surface area contributed by atoms with Crippen molar-refractivity contribution in [1.82, 2.24) is 0 Å². The van der Waals surface area contributed by atoms with Crippen LogP contribution in [0.4, 0.5) is 0 Å². The van der Waals surface area contributed by atoms with E-state index in [0.717, 1.165) is 25.7 Å². The quantitative estimate of drug-likeness (QED) is 0.582. The summed E-state index contributed by atoms with van der Waals surface area (Å²) in [6.45, 7) is 0. The summed E-state index contributed by atoms with van der Waals surface area (Å²) in [5.41, 5.74) is -0.477. The van der Waals surface area contributed by atoms with E-state index in [1.165, 1.54) is 0 Å². The number of allylic oxidation sites excluding steroid dienone is 1. The van der Waals surface area contributed by atoms with Crippen LogP contribution in [0.5, 0.6) is 0 Å². The molecule has 0 unspecified atom stereocenters. The third kappa shape index (κ3) is 0.889. The van der Waals surface area contributed by atoms with Crippen LogP contribution in [0.1, 0.15) is 25.7 Å². The van der Waals surface area contributed by atoms with Gasteiger partial charge in [0.15, 0.2) is 0 Å². The van der Waals surface area contributed by atoms with Crippen molar-refractivity contribution in [2.45, 2.75) is 25.7 Å². The van der Waals surface area contributed by atoms with Crippen molar-refractivity contribution in [2.75, 3.05) is 0 Å². The molecule has 0 spiro atoms. The number of hydrogen-bond donors (Lipinski definition) is 1. The van der Waals surface area contributed by atoms with Gasteiger partial charge in [-0.25, -0.2) is 0 Å². The molecular formula is C9H12O2. The number of rotatable bonds is 1. The second kappa shape index (κ2) is 2.10. The Balaban J connectivity index is 2.31. The van der Waals surface area contributed by atoms with Crippen LogP contribution in [0.25, 0.3) is 0 Å². The van der Waals surface area contributed by atoms with E-state index in [-0.39, 0.29) is 0 Å². The van der Waals surface area contributed by atoms with E-state index >= 15 is 0 Å². The first-order valence-corrected chi connectivity index (χ1v) is 4.16. The van der Waals surface area contributed by atoms with Gasteiger partial charge in [0.1, 0.15) is 0 Å². The van der Waals surface area contributed by atoms with E-state index < -0.39 is 11.4 Å². The zero-order chi connectivity index (χ0) is 7.90. The molecule has 3 aliphatic carbocycles. The fraction of sp³-hybridized carbons (Fsp3) is 0.667. The van der Waals surface area contributed by atoms with Gasteiger partial charge in [-0.2, -0.15) is 0 Å². The molecule has 1 N–H and O–H groups in total. The van der Waals surface area contributed by atoms with Gasteiger partial charge in [0.25, 0.3) is 0 Å². The molecule has 0 aromatic rings. The number of carboxylic acids is 1. The van der Waals surface area contributed by atoms with E-state index in [1.54, 1.807) is 0 Å². The van der Waals surface area contributed by atoms with Crippen molar-refractivity contribution < 1.29 is 9.90 Å².